The highest BCUT2D eigenvalue weighted by Crippen LogP contribution is 2.27. The van der Waals surface area contributed by atoms with Crippen molar-refractivity contribution in [1.29, 1.82) is 0 Å². The lowest BCUT2D eigenvalue weighted by molar-refractivity contribution is 0.463. The van der Waals surface area contributed by atoms with Crippen molar-refractivity contribution in [1.82, 2.24) is 15.0 Å². The molecule has 3 aromatic heterocycles. The Labute approximate surface area is 149 Å². The summed E-state index contributed by atoms with van der Waals surface area (Å²) in [6, 6.07) is 17.2. The number of para-hydroxylation sites is 1. The van der Waals surface area contributed by atoms with Crippen molar-refractivity contribution in [3.05, 3.63) is 78.6 Å². The molecule has 6 heteroatoms. The average Bonchev–Trinajstić information content (AvgIpc) is 3.14. The van der Waals surface area contributed by atoms with Crippen LogP contribution in [0.4, 0.5) is 10.8 Å². The molecule has 0 spiro atoms. The van der Waals surface area contributed by atoms with Crippen molar-refractivity contribution >= 4 is 22.2 Å². The summed E-state index contributed by atoms with van der Waals surface area (Å²) >= 11 is 1.54. The zero-order valence-corrected chi connectivity index (χ0v) is 14.0. The van der Waals surface area contributed by atoms with Crippen LogP contribution in [0.1, 0.15) is 0 Å². The minimum absolute atomic E-state index is 0.548. The largest absolute Gasteiger partial charge is 0.439 e. The van der Waals surface area contributed by atoms with Gasteiger partial charge in [-0.15, -0.1) is 11.3 Å². The maximum absolute atomic E-state index is 5.69. The number of benzene rings is 1. The fraction of sp³-hybridized carbons (Fsp3) is 0. The minimum atomic E-state index is 0.548. The molecule has 0 saturated carbocycles. The number of pyridine rings is 2. The molecule has 1 N–H and O–H groups in total. The molecule has 1 aromatic carbocycles. The van der Waals surface area contributed by atoms with Gasteiger partial charge in [0.05, 0.1) is 17.6 Å². The number of anilines is 2. The molecule has 4 rings (SSSR count). The summed E-state index contributed by atoms with van der Waals surface area (Å²) in [5.41, 5.74) is 2.75. The summed E-state index contributed by atoms with van der Waals surface area (Å²) < 4.78 is 5.69. The molecule has 5 nitrogen and oxygen atoms in total. The van der Waals surface area contributed by atoms with Crippen LogP contribution in [-0.2, 0) is 0 Å². The molecule has 25 heavy (non-hydrogen) atoms. The summed E-state index contributed by atoms with van der Waals surface area (Å²) in [6.45, 7) is 0. The molecule has 0 unspecified atom stereocenters. The van der Waals surface area contributed by atoms with E-state index >= 15 is 0 Å². The number of aromatic nitrogens is 3. The highest BCUT2D eigenvalue weighted by Gasteiger charge is 2.05. The second kappa shape index (κ2) is 7.11. The topological polar surface area (TPSA) is 59.9 Å². The predicted octanol–water partition coefficient (Wildman–Crippen LogP) is 5.14. The van der Waals surface area contributed by atoms with Gasteiger partial charge in [-0.3, -0.25) is 4.98 Å². The normalized spacial score (nSPS) is 10.4. The van der Waals surface area contributed by atoms with E-state index in [0.717, 1.165) is 27.8 Å². The monoisotopic (exact) mass is 346 g/mol. The second-order valence-electron chi connectivity index (χ2n) is 5.20. The van der Waals surface area contributed by atoms with Gasteiger partial charge in [0.1, 0.15) is 5.75 Å². The van der Waals surface area contributed by atoms with E-state index in [9.17, 15) is 0 Å². The standard InChI is InChI=1S/C19H14N4OS/c1-2-6-16(7-3-1)24-18-9-8-15(12-21-18)22-19-23-17(13-25-19)14-5-4-10-20-11-14/h1-13H,(H,22,23). The molecule has 0 aliphatic rings. The second-order valence-corrected chi connectivity index (χ2v) is 6.06. The molecule has 0 fully saturated rings. The van der Waals surface area contributed by atoms with Crippen molar-refractivity contribution < 1.29 is 4.74 Å². The molecule has 0 aliphatic carbocycles. The Morgan fingerprint density at radius 3 is 2.60 bits per heavy atom. The highest BCUT2D eigenvalue weighted by molar-refractivity contribution is 7.14. The number of ether oxygens (including phenoxy) is 1. The van der Waals surface area contributed by atoms with Crippen LogP contribution in [0.15, 0.2) is 78.6 Å². The van der Waals surface area contributed by atoms with Gasteiger partial charge in [0.2, 0.25) is 5.88 Å². The van der Waals surface area contributed by atoms with Gasteiger partial charge in [-0.25, -0.2) is 9.97 Å². The third-order valence-electron chi connectivity index (χ3n) is 3.41. The third-order valence-corrected chi connectivity index (χ3v) is 4.17. The zero-order valence-electron chi connectivity index (χ0n) is 13.2. The lowest BCUT2D eigenvalue weighted by Crippen LogP contribution is -1.92. The minimum Gasteiger partial charge on any atom is -0.439 e. The van der Waals surface area contributed by atoms with Gasteiger partial charge in [-0.05, 0) is 30.3 Å². The van der Waals surface area contributed by atoms with Gasteiger partial charge in [0.25, 0.3) is 0 Å². The SMILES string of the molecule is c1ccc(Oc2ccc(Nc3nc(-c4cccnc4)cs3)cn2)cc1. The van der Waals surface area contributed by atoms with Crippen molar-refractivity contribution in [2.75, 3.05) is 5.32 Å². The lowest BCUT2D eigenvalue weighted by Gasteiger charge is -2.06. The predicted molar refractivity (Wildman–Crippen MR) is 99.4 cm³/mol. The Morgan fingerprint density at radius 1 is 0.920 bits per heavy atom. The van der Waals surface area contributed by atoms with Crippen molar-refractivity contribution in [2.45, 2.75) is 0 Å². The van der Waals surface area contributed by atoms with Crippen LogP contribution in [0, 0.1) is 0 Å². The summed E-state index contributed by atoms with van der Waals surface area (Å²) in [7, 11) is 0. The van der Waals surface area contributed by atoms with Gasteiger partial charge < -0.3 is 10.1 Å². The van der Waals surface area contributed by atoms with E-state index in [1.54, 1.807) is 18.6 Å². The van der Waals surface area contributed by atoms with Crippen LogP contribution in [0.5, 0.6) is 11.6 Å². The molecule has 4 aromatic rings. The smallest absolute Gasteiger partial charge is 0.219 e. The van der Waals surface area contributed by atoms with Crippen LogP contribution < -0.4 is 10.1 Å². The number of thiazole rings is 1. The fourth-order valence-corrected chi connectivity index (χ4v) is 2.97. The molecule has 3 heterocycles. The number of hydrogen-bond acceptors (Lipinski definition) is 6. The lowest BCUT2D eigenvalue weighted by atomic mass is 10.2. The molecule has 0 saturated heterocycles. The Hall–Kier alpha value is -3.25. The first-order valence-electron chi connectivity index (χ1n) is 7.69. The molecule has 0 bridgehead atoms. The van der Waals surface area contributed by atoms with E-state index in [2.05, 4.69) is 20.3 Å². The summed E-state index contributed by atoms with van der Waals surface area (Å²) in [5.74, 6) is 1.31. The van der Waals surface area contributed by atoms with Crippen LogP contribution in [0.2, 0.25) is 0 Å². The van der Waals surface area contributed by atoms with Crippen LogP contribution in [-0.4, -0.2) is 15.0 Å². The quantitative estimate of drug-likeness (QED) is 0.542. The summed E-state index contributed by atoms with van der Waals surface area (Å²) in [5, 5.41) is 6.06. The van der Waals surface area contributed by atoms with Crippen molar-refractivity contribution in [3.8, 4) is 22.9 Å². The molecule has 122 valence electrons. The van der Waals surface area contributed by atoms with Gasteiger partial charge in [0, 0.05) is 29.4 Å². The third kappa shape index (κ3) is 3.81. The first-order valence-corrected chi connectivity index (χ1v) is 8.57. The number of nitrogens with zero attached hydrogens (tertiary/aromatic N) is 3. The van der Waals surface area contributed by atoms with E-state index in [4.69, 9.17) is 4.74 Å². The Kier molecular flexibility index (Phi) is 4.35. The molecule has 0 aliphatic heterocycles. The first kappa shape index (κ1) is 15.3. The van der Waals surface area contributed by atoms with Crippen LogP contribution in [0.3, 0.4) is 0 Å². The van der Waals surface area contributed by atoms with Crippen molar-refractivity contribution in [2.24, 2.45) is 0 Å². The number of rotatable bonds is 5. The van der Waals surface area contributed by atoms with Gasteiger partial charge in [0.15, 0.2) is 5.13 Å². The summed E-state index contributed by atoms with van der Waals surface area (Å²) in [4.78, 5) is 13.0. The van der Waals surface area contributed by atoms with E-state index in [1.165, 1.54) is 11.3 Å². The Balaban J connectivity index is 1.44. The van der Waals surface area contributed by atoms with E-state index in [-0.39, 0.29) is 0 Å². The Bertz CT molecular complexity index is 940. The molecular formula is C19H14N4OS. The highest BCUT2D eigenvalue weighted by atomic mass is 32.1. The van der Waals surface area contributed by atoms with E-state index in [1.807, 2.05) is 60.0 Å². The fourth-order valence-electron chi connectivity index (χ4n) is 2.23. The van der Waals surface area contributed by atoms with E-state index in [0.29, 0.717) is 5.88 Å². The molecule has 0 atom stereocenters. The zero-order chi connectivity index (χ0) is 16.9. The van der Waals surface area contributed by atoms with E-state index < -0.39 is 0 Å². The number of hydrogen-bond donors (Lipinski definition) is 1. The number of nitrogens with one attached hydrogen (secondary N) is 1. The van der Waals surface area contributed by atoms with Crippen LogP contribution >= 0.6 is 11.3 Å². The maximum Gasteiger partial charge on any atom is 0.219 e. The average molecular weight is 346 g/mol. The van der Waals surface area contributed by atoms with Crippen molar-refractivity contribution in [3.63, 3.8) is 0 Å². The summed E-state index contributed by atoms with van der Waals surface area (Å²) in [6.07, 6.45) is 5.28. The molecular weight excluding hydrogens is 332 g/mol. The Morgan fingerprint density at radius 2 is 1.84 bits per heavy atom. The maximum atomic E-state index is 5.69. The van der Waals surface area contributed by atoms with Gasteiger partial charge >= 0.3 is 0 Å². The van der Waals surface area contributed by atoms with Gasteiger partial charge in [-0.1, -0.05) is 18.2 Å². The first-order chi connectivity index (χ1) is 12.4. The van der Waals surface area contributed by atoms with Crippen LogP contribution in [0.25, 0.3) is 11.3 Å². The molecule has 0 radical (unpaired) electrons. The molecule has 0 amide bonds. The van der Waals surface area contributed by atoms with Gasteiger partial charge in [-0.2, -0.15) is 0 Å².